The minimum atomic E-state index is -0.986. The summed E-state index contributed by atoms with van der Waals surface area (Å²) in [6.45, 7) is 1.80. The van der Waals surface area contributed by atoms with E-state index in [4.69, 9.17) is 9.52 Å². The molecule has 0 radical (unpaired) electrons. The fraction of sp³-hybridized carbons (Fsp3) is 0.118. The average Bonchev–Trinajstić information content (AvgIpc) is 3.08. The van der Waals surface area contributed by atoms with Gasteiger partial charge in [-0.1, -0.05) is 6.07 Å². The molecule has 2 amide bonds. The van der Waals surface area contributed by atoms with Crippen molar-refractivity contribution in [3.8, 4) is 11.3 Å². The van der Waals surface area contributed by atoms with E-state index in [1.54, 1.807) is 31.2 Å². The molecule has 0 bridgehead atoms. The predicted octanol–water partition coefficient (Wildman–Crippen LogP) is 3.62. The lowest BCUT2D eigenvalue weighted by molar-refractivity contribution is -0.121. The van der Waals surface area contributed by atoms with Gasteiger partial charge in [0.15, 0.2) is 0 Å². The van der Waals surface area contributed by atoms with E-state index in [2.05, 4.69) is 0 Å². The van der Waals surface area contributed by atoms with Gasteiger partial charge in [0.25, 0.3) is 11.1 Å². The first-order chi connectivity index (χ1) is 11.4. The molecule has 1 N–H and O–H groups in total. The molecule has 3 rings (SSSR count). The number of aromatic carboxylic acids is 1. The number of furan rings is 1. The molecule has 1 aromatic carbocycles. The number of likely N-dealkylation sites (N-methyl/N-ethyl adjacent to an activating group) is 1. The van der Waals surface area contributed by atoms with Gasteiger partial charge in [0, 0.05) is 18.7 Å². The minimum absolute atomic E-state index is 0.208. The SMILES string of the molecule is Cc1cc(C(=O)O)ccc1-c1ccc(/C=C2/SC(=O)N(C)C2=O)o1. The van der Waals surface area contributed by atoms with E-state index in [1.807, 2.05) is 0 Å². The number of hydrogen-bond acceptors (Lipinski definition) is 5. The third-order valence-electron chi connectivity index (χ3n) is 3.63. The largest absolute Gasteiger partial charge is 0.478 e. The smallest absolute Gasteiger partial charge is 0.335 e. The number of carboxylic acids is 1. The van der Waals surface area contributed by atoms with E-state index in [9.17, 15) is 14.4 Å². The van der Waals surface area contributed by atoms with E-state index < -0.39 is 5.97 Å². The van der Waals surface area contributed by atoms with E-state index in [-0.39, 0.29) is 16.7 Å². The molecular weight excluding hydrogens is 330 g/mol. The molecule has 1 saturated heterocycles. The molecule has 7 heteroatoms. The molecule has 2 heterocycles. The molecule has 1 aromatic heterocycles. The lowest BCUT2D eigenvalue weighted by Crippen LogP contribution is -2.22. The van der Waals surface area contributed by atoms with Crippen molar-refractivity contribution in [2.75, 3.05) is 7.05 Å². The van der Waals surface area contributed by atoms with Gasteiger partial charge >= 0.3 is 5.97 Å². The molecular formula is C17H13NO5S. The number of carbonyl (C=O) groups excluding carboxylic acids is 2. The summed E-state index contributed by atoms with van der Waals surface area (Å²) in [6, 6.07) is 8.20. The van der Waals surface area contributed by atoms with Crippen LogP contribution in [0.15, 0.2) is 39.7 Å². The van der Waals surface area contributed by atoms with Crippen molar-refractivity contribution in [1.29, 1.82) is 0 Å². The van der Waals surface area contributed by atoms with E-state index in [1.165, 1.54) is 19.2 Å². The zero-order chi connectivity index (χ0) is 17.4. The topological polar surface area (TPSA) is 87.8 Å². The average molecular weight is 343 g/mol. The Morgan fingerprint density at radius 1 is 1.25 bits per heavy atom. The Balaban J connectivity index is 1.91. The lowest BCUT2D eigenvalue weighted by atomic mass is 10.0. The van der Waals surface area contributed by atoms with Crippen LogP contribution in [-0.2, 0) is 4.79 Å². The summed E-state index contributed by atoms with van der Waals surface area (Å²) in [4.78, 5) is 35.7. The van der Waals surface area contributed by atoms with Gasteiger partial charge in [0.05, 0.1) is 10.5 Å². The van der Waals surface area contributed by atoms with Crippen LogP contribution in [0, 0.1) is 6.92 Å². The molecule has 1 aliphatic heterocycles. The van der Waals surface area contributed by atoms with Crippen LogP contribution >= 0.6 is 11.8 Å². The number of amides is 2. The highest BCUT2D eigenvalue weighted by Gasteiger charge is 2.32. The molecule has 0 saturated carbocycles. The molecule has 0 unspecified atom stereocenters. The maximum Gasteiger partial charge on any atom is 0.335 e. The summed E-state index contributed by atoms with van der Waals surface area (Å²) < 4.78 is 5.71. The summed E-state index contributed by atoms with van der Waals surface area (Å²) >= 11 is 0.863. The highest BCUT2D eigenvalue weighted by molar-refractivity contribution is 8.18. The Morgan fingerprint density at radius 3 is 2.58 bits per heavy atom. The highest BCUT2D eigenvalue weighted by atomic mass is 32.2. The molecule has 24 heavy (non-hydrogen) atoms. The molecule has 0 atom stereocenters. The Kier molecular flexibility index (Phi) is 4.02. The van der Waals surface area contributed by atoms with Crippen molar-refractivity contribution in [2.45, 2.75) is 6.92 Å². The number of carboxylic acid groups (broad SMARTS) is 1. The van der Waals surface area contributed by atoms with Gasteiger partial charge in [-0.25, -0.2) is 4.79 Å². The first-order valence-electron chi connectivity index (χ1n) is 7.02. The molecule has 0 spiro atoms. The summed E-state index contributed by atoms with van der Waals surface area (Å²) in [5.41, 5.74) is 1.74. The first kappa shape index (κ1) is 16.1. The molecule has 2 aromatic rings. The number of thioether (sulfide) groups is 1. The van der Waals surface area contributed by atoms with Gasteiger partial charge in [-0.2, -0.15) is 0 Å². The van der Waals surface area contributed by atoms with Crippen molar-refractivity contribution in [3.05, 3.63) is 52.1 Å². The predicted molar refractivity (Wildman–Crippen MR) is 89.6 cm³/mol. The van der Waals surface area contributed by atoms with Crippen LogP contribution in [0.5, 0.6) is 0 Å². The standard InChI is InChI=1S/C17H13NO5S/c1-9-7-10(16(20)21)3-5-12(9)13-6-4-11(23-13)8-14-15(19)18(2)17(22)24-14/h3-8H,1-2H3,(H,20,21)/b14-8+. The van der Waals surface area contributed by atoms with Crippen molar-refractivity contribution >= 4 is 35.0 Å². The fourth-order valence-electron chi connectivity index (χ4n) is 2.32. The number of rotatable bonds is 3. The van der Waals surface area contributed by atoms with E-state index >= 15 is 0 Å². The van der Waals surface area contributed by atoms with Crippen LogP contribution in [0.1, 0.15) is 21.7 Å². The van der Waals surface area contributed by atoms with Crippen LogP contribution in [0.2, 0.25) is 0 Å². The van der Waals surface area contributed by atoms with Crippen molar-refractivity contribution < 1.29 is 23.9 Å². The van der Waals surface area contributed by atoms with Crippen molar-refractivity contribution in [3.63, 3.8) is 0 Å². The maximum atomic E-state index is 11.9. The Hall–Kier alpha value is -2.80. The number of nitrogens with zero attached hydrogens (tertiary/aromatic N) is 1. The molecule has 122 valence electrons. The molecule has 1 aliphatic rings. The summed E-state index contributed by atoms with van der Waals surface area (Å²) in [5.74, 6) is -0.331. The number of carbonyl (C=O) groups is 3. The Labute approximate surface area is 141 Å². The lowest BCUT2D eigenvalue weighted by Gasteiger charge is -2.04. The number of benzene rings is 1. The Morgan fingerprint density at radius 2 is 2.00 bits per heavy atom. The van der Waals surface area contributed by atoms with Gasteiger partial charge in [-0.3, -0.25) is 14.5 Å². The summed E-state index contributed by atoms with van der Waals surface area (Å²) in [7, 11) is 1.43. The second kappa shape index (κ2) is 6.01. The quantitative estimate of drug-likeness (QED) is 0.857. The zero-order valence-corrected chi connectivity index (χ0v) is 13.7. The minimum Gasteiger partial charge on any atom is -0.478 e. The third kappa shape index (κ3) is 2.85. The van der Waals surface area contributed by atoms with Gasteiger partial charge in [-0.05, 0) is 48.5 Å². The van der Waals surface area contributed by atoms with Crippen LogP contribution < -0.4 is 0 Å². The van der Waals surface area contributed by atoms with Crippen LogP contribution in [-0.4, -0.2) is 34.2 Å². The van der Waals surface area contributed by atoms with Crippen LogP contribution in [0.25, 0.3) is 17.4 Å². The van der Waals surface area contributed by atoms with Gasteiger partial charge < -0.3 is 9.52 Å². The monoisotopic (exact) mass is 343 g/mol. The second-order valence-electron chi connectivity index (χ2n) is 5.28. The molecule has 6 nitrogen and oxygen atoms in total. The fourth-order valence-corrected chi connectivity index (χ4v) is 3.13. The highest BCUT2D eigenvalue weighted by Crippen LogP contribution is 2.33. The number of hydrogen-bond donors (Lipinski definition) is 1. The van der Waals surface area contributed by atoms with Gasteiger partial charge in [0.1, 0.15) is 11.5 Å². The summed E-state index contributed by atoms with van der Waals surface area (Å²) in [5, 5.41) is 8.68. The second-order valence-corrected chi connectivity index (χ2v) is 6.27. The van der Waals surface area contributed by atoms with Gasteiger partial charge in [0.2, 0.25) is 0 Å². The van der Waals surface area contributed by atoms with Crippen molar-refractivity contribution in [1.82, 2.24) is 4.90 Å². The van der Waals surface area contributed by atoms with E-state index in [0.717, 1.165) is 27.8 Å². The molecule has 0 aliphatic carbocycles. The third-order valence-corrected chi connectivity index (χ3v) is 4.59. The van der Waals surface area contributed by atoms with Crippen molar-refractivity contribution in [2.24, 2.45) is 0 Å². The van der Waals surface area contributed by atoms with Gasteiger partial charge in [-0.15, -0.1) is 0 Å². The van der Waals surface area contributed by atoms with Crippen LogP contribution in [0.4, 0.5) is 4.79 Å². The Bertz CT molecular complexity index is 896. The normalized spacial score (nSPS) is 16.2. The van der Waals surface area contributed by atoms with E-state index in [0.29, 0.717) is 16.4 Å². The zero-order valence-electron chi connectivity index (χ0n) is 12.9. The molecule has 1 fully saturated rings. The maximum absolute atomic E-state index is 11.9. The summed E-state index contributed by atoms with van der Waals surface area (Å²) in [6.07, 6.45) is 1.53. The number of aryl methyl sites for hydroxylation is 1. The number of imide groups is 1. The van der Waals surface area contributed by atoms with Crippen LogP contribution in [0.3, 0.4) is 0 Å². The first-order valence-corrected chi connectivity index (χ1v) is 7.84.